The lowest BCUT2D eigenvalue weighted by Crippen LogP contribution is -2.41. The molecule has 2 heterocycles. The Morgan fingerprint density at radius 3 is 2.40 bits per heavy atom. The Morgan fingerprint density at radius 2 is 1.83 bits per heavy atom. The van der Waals surface area contributed by atoms with Crippen molar-refractivity contribution in [2.75, 3.05) is 19.7 Å². The molecule has 0 saturated carbocycles. The van der Waals surface area contributed by atoms with Gasteiger partial charge in [-0.1, -0.05) is 25.5 Å². The van der Waals surface area contributed by atoms with E-state index < -0.39 is 0 Å². The summed E-state index contributed by atoms with van der Waals surface area (Å²) in [6.07, 6.45) is 2.32. The average molecular weight is 412 g/mol. The third-order valence-electron chi connectivity index (χ3n) is 6.69. The lowest BCUT2D eigenvalue weighted by molar-refractivity contribution is 0.00578. The summed E-state index contributed by atoms with van der Waals surface area (Å²) in [5.41, 5.74) is 1.01. The second-order valence-electron chi connectivity index (χ2n) is 9.39. The van der Waals surface area contributed by atoms with Gasteiger partial charge in [0.25, 0.3) is 0 Å². The van der Waals surface area contributed by atoms with Gasteiger partial charge in [0.15, 0.2) is 0 Å². The summed E-state index contributed by atoms with van der Waals surface area (Å²) in [5, 5.41) is 9.10. The molecule has 2 aliphatic rings. The van der Waals surface area contributed by atoms with Crippen molar-refractivity contribution in [2.24, 2.45) is 5.92 Å². The fourth-order valence-corrected chi connectivity index (χ4v) is 4.15. The molecule has 0 bridgehead atoms. The molecule has 162 valence electrons. The van der Waals surface area contributed by atoms with Crippen molar-refractivity contribution in [3.63, 3.8) is 0 Å². The first-order valence-corrected chi connectivity index (χ1v) is 10.9. The highest BCUT2D eigenvalue weighted by Crippen LogP contribution is 2.42. The number of nitriles is 1. The Hall–Kier alpha value is -2.04. The van der Waals surface area contributed by atoms with Gasteiger partial charge in [-0.15, -0.1) is 0 Å². The van der Waals surface area contributed by atoms with E-state index in [1.165, 1.54) is 0 Å². The van der Waals surface area contributed by atoms with Gasteiger partial charge in [-0.2, -0.15) is 5.26 Å². The lowest BCUT2D eigenvalue weighted by atomic mass is 9.72. The fourth-order valence-electron chi connectivity index (χ4n) is 4.15. The molecule has 2 fully saturated rings. The van der Waals surface area contributed by atoms with Crippen LogP contribution in [0.2, 0.25) is 6.32 Å². The molecule has 7 heteroatoms. The minimum atomic E-state index is -0.376. The highest BCUT2D eigenvalue weighted by Gasteiger charge is 2.52. The summed E-state index contributed by atoms with van der Waals surface area (Å²) in [5.74, 6) is 0.335. The quantitative estimate of drug-likeness (QED) is 0.504. The monoisotopic (exact) mass is 412 g/mol. The van der Waals surface area contributed by atoms with Gasteiger partial charge in [-0.3, -0.25) is 0 Å². The Morgan fingerprint density at radius 1 is 1.20 bits per heavy atom. The third-order valence-corrected chi connectivity index (χ3v) is 6.69. The number of likely N-dealkylation sites (tertiary alicyclic amines) is 1. The highest BCUT2D eigenvalue weighted by atomic mass is 16.7. The SMILES string of the molecule is CCCCOC(=O)N1C[C@@H](CB2OC(C)(C)C(C)(C)O2)[C@H](c2ccc(C#N)cc2)C1. The van der Waals surface area contributed by atoms with E-state index in [-0.39, 0.29) is 36.2 Å². The van der Waals surface area contributed by atoms with Crippen molar-refractivity contribution in [3.05, 3.63) is 35.4 Å². The molecule has 1 aromatic rings. The maximum absolute atomic E-state index is 12.6. The number of unbranched alkanes of at least 4 members (excludes halogenated alkanes) is 1. The van der Waals surface area contributed by atoms with Crippen molar-refractivity contribution in [1.29, 1.82) is 5.26 Å². The largest absolute Gasteiger partial charge is 0.458 e. The van der Waals surface area contributed by atoms with Gasteiger partial charge in [0, 0.05) is 19.0 Å². The molecule has 0 N–H and O–H groups in total. The number of ether oxygens (including phenoxy) is 1. The summed E-state index contributed by atoms with van der Waals surface area (Å²) < 4.78 is 17.9. The molecule has 2 saturated heterocycles. The molecular weight excluding hydrogens is 379 g/mol. The normalized spacial score (nSPS) is 24.7. The first kappa shape index (κ1) is 22.6. The lowest BCUT2D eigenvalue weighted by Gasteiger charge is -2.32. The molecular formula is C23H33BN2O4. The summed E-state index contributed by atoms with van der Waals surface area (Å²) in [6.45, 7) is 11.9. The van der Waals surface area contributed by atoms with Crippen LogP contribution in [0.3, 0.4) is 0 Å². The second kappa shape index (κ2) is 8.99. The Balaban J connectivity index is 1.75. The van der Waals surface area contributed by atoms with Crippen LogP contribution < -0.4 is 0 Å². The van der Waals surface area contributed by atoms with Gasteiger partial charge in [0.1, 0.15) is 0 Å². The standard InChI is InChI=1S/C23H33BN2O4/c1-6-7-12-28-21(27)26-15-19(13-24-29-22(2,3)23(4,5)30-24)20(16-26)18-10-8-17(14-25)9-11-18/h8-11,19-20H,6-7,12-13,15-16H2,1-5H3/t19-,20+/m1/s1. The summed E-state index contributed by atoms with van der Waals surface area (Å²) in [7, 11) is -0.308. The van der Waals surface area contributed by atoms with Crippen LogP contribution in [-0.2, 0) is 14.0 Å². The molecule has 1 aromatic carbocycles. The van der Waals surface area contributed by atoms with E-state index >= 15 is 0 Å². The number of carbonyl (C=O) groups excluding carboxylic acids is 1. The van der Waals surface area contributed by atoms with E-state index in [1.54, 1.807) is 4.90 Å². The van der Waals surface area contributed by atoms with E-state index in [1.807, 2.05) is 24.3 Å². The van der Waals surface area contributed by atoms with Crippen molar-refractivity contribution in [1.82, 2.24) is 4.90 Å². The smallest absolute Gasteiger partial charge is 0.449 e. The van der Waals surface area contributed by atoms with Crippen LogP contribution >= 0.6 is 0 Å². The fraction of sp³-hybridized carbons (Fsp3) is 0.652. The topological polar surface area (TPSA) is 71.8 Å². The molecule has 0 aromatic heterocycles. The first-order chi connectivity index (χ1) is 14.2. The van der Waals surface area contributed by atoms with Crippen molar-refractivity contribution in [2.45, 2.75) is 70.9 Å². The zero-order chi connectivity index (χ0) is 21.9. The minimum absolute atomic E-state index is 0.149. The van der Waals surface area contributed by atoms with Gasteiger partial charge in [-0.25, -0.2) is 4.79 Å². The Kier molecular flexibility index (Phi) is 6.79. The van der Waals surface area contributed by atoms with Crippen LogP contribution in [0, 0.1) is 17.2 Å². The molecule has 1 amide bonds. The maximum Gasteiger partial charge on any atom is 0.458 e. The van der Waals surface area contributed by atoms with Crippen LogP contribution in [0.15, 0.2) is 24.3 Å². The van der Waals surface area contributed by atoms with Crippen LogP contribution in [0.5, 0.6) is 0 Å². The van der Waals surface area contributed by atoms with Gasteiger partial charge >= 0.3 is 13.2 Å². The molecule has 0 spiro atoms. The Bertz CT molecular complexity index is 771. The van der Waals surface area contributed by atoms with E-state index in [0.29, 0.717) is 31.6 Å². The number of carbonyl (C=O) groups is 1. The summed E-state index contributed by atoms with van der Waals surface area (Å²) in [4.78, 5) is 14.4. The number of hydrogen-bond donors (Lipinski definition) is 0. The van der Waals surface area contributed by atoms with Crippen molar-refractivity contribution in [3.8, 4) is 6.07 Å². The number of benzene rings is 1. The van der Waals surface area contributed by atoms with E-state index in [4.69, 9.17) is 19.3 Å². The predicted molar refractivity (Wildman–Crippen MR) is 116 cm³/mol. The molecule has 0 aliphatic carbocycles. The molecule has 3 rings (SSSR count). The van der Waals surface area contributed by atoms with E-state index in [2.05, 4.69) is 40.7 Å². The molecule has 30 heavy (non-hydrogen) atoms. The van der Waals surface area contributed by atoms with Gasteiger partial charge < -0.3 is 18.9 Å². The van der Waals surface area contributed by atoms with Gasteiger partial charge in [0.05, 0.1) is 29.4 Å². The third kappa shape index (κ3) is 4.82. The van der Waals surface area contributed by atoms with Crippen LogP contribution in [-0.4, -0.2) is 49.0 Å². The molecule has 2 atom stereocenters. The first-order valence-electron chi connectivity index (χ1n) is 10.9. The summed E-state index contributed by atoms with van der Waals surface area (Å²) >= 11 is 0. The Labute approximate surface area is 180 Å². The zero-order valence-electron chi connectivity index (χ0n) is 18.8. The van der Waals surface area contributed by atoms with Crippen LogP contribution in [0.1, 0.15) is 64.5 Å². The van der Waals surface area contributed by atoms with Crippen LogP contribution in [0.25, 0.3) is 0 Å². The van der Waals surface area contributed by atoms with Crippen molar-refractivity contribution < 1.29 is 18.8 Å². The maximum atomic E-state index is 12.6. The van der Waals surface area contributed by atoms with Gasteiger partial charge in [0.2, 0.25) is 0 Å². The summed E-state index contributed by atoms with van der Waals surface area (Å²) in [6, 6.07) is 9.82. The molecule has 0 unspecified atom stereocenters. The minimum Gasteiger partial charge on any atom is -0.449 e. The van der Waals surface area contributed by atoms with E-state index in [9.17, 15) is 4.79 Å². The number of amides is 1. The van der Waals surface area contributed by atoms with E-state index in [0.717, 1.165) is 18.4 Å². The number of rotatable bonds is 6. The number of nitrogens with zero attached hydrogens (tertiary/aromatic N) is 2. The number of hydrogen-bond acceptors (Lipinski definition) is 5. The molecule has 2 aliphatic heterocycles. The van der Waals surface area contributed by atoms with Crippen molar-refractivity contribution >= 4 is 13.2 Å². The zero-order valence-corrected chi connectivity index (χ0v) is 18.8. The highest BCUT2D eigenvalue weighted by molar-refractivity contribution is 6.45. The average Bonchev–Trinajstić information content (AvgIpc) is 3.19. The predicted octanol–water partition coefficient (Wildman–Crippen LogP) is 4.60. The van der Waals surface area contributed by atoms with Gasteiger partial charge in [-0.05, 0) is 64.1 Å². The van der Waals surface area contributed by atoms with Crippen LogP contribution in [0.4, 0.5) is 4.79 Å². The molecule has 0 radical (unpaired) electrons. The molecule has 6 nitrogen and oxygen atoms in total. The second-order valence-corrected chi connectivity index (χ2v) is 9.39.